The lowest BCUT2D eigenvalue weighted by atomic mass is 10.0. The number of carbonyl (C=O) groups is 1. The van der Waals surface area contributed by atoms with Crippen molar-refractivity contribution in [2.45, 2.75) is 0 Å². The molecule has 0 N–H and O–H groups in total. The van der Waals surface area contributed by atoms with Crippen LogP contribution in [0.25, 0.3) is 0 Å². The van der Waals surface area contributed by atoms with Gasteiger partial charge in [-0.3, -0.25) is 4.79 Å². The van der Waals surface area contributed by atoms with Gasteiger partial charge in [0, 0.05) is 17.1 Å². The van der Waals surface area contributed by atoms with Crippen LogP contribution in [-0.4, -0.2) is 30.0 Å². The molecule has 2 aromatic carbocycles. The molecule has 5 heteroatoms. The van der Waals surface area contributed by atoms with E-state index in [4.69, 9.17) is 0 Å². The lowest BCUT2D eigenvalue weighted by molar-refractivity contribution is -0.443. The van der Waals surface area contributed by atoms with Crippen molar-refractivity contribution in [2.24, 2.45) is 0 Å². The van der Waals surface area contributed by atoms with Crippen LogP contribution in [0.1, 0.15) is 11.1 Å². The van der Waals surface area contributed by atoms with Gasteiger partial charge in [-0.15, -0.1) is 0 Å². The number of likely N-dealkylation sites (N-methyl/N-ethyl adjacent to an activating group) is 1. The Labute approximate surface area is 131 Å². The third kappa shape index (κ3) is 2.45. The van der Waals surface area contributed by atoms with Crippen molar-refractivity contribution in [1.82, 2.24) is 0 Å². The molecule has 1 aliphatic rings. The maximum absolute atomic E-state index is 12.5. The summed E-state index contributed by atoms with van der Waals surface area (Å²) < 4.78 is 1.64. The first-order valence-electron chi connectivity index (χ1n) is 6.51. The fraction of sp³-hybridized carbons (Fsp3) is 0.125. The number of anilines is 1. The largest absolute Gasteiger partial charge is 0.623 e. The van der Waals surface area contributed by atoms with Crippen LogP contribution in [0, 0.1) is 5.21 Å². The van der Waals surface area contributed by atoms with Crippen LogP contribution in [0.2, 0.25) is 0 Å². The van der Waals surface area contributed by atoms with Gasteiger partial charge in [0.2, 0.25) is 12.3 Å². The monoisotopic (exact) mass is 344 g/mol. The summed E-state index contributed by atoms with van der Waals surface area (Å²) in [6.07, 6.45) is 0. The number of hydrogen-bond acceptors (Lipinski definition) is 2. The Morgan fingerprint density at radius 2 is 1.90 bits per heavy atom. The molecular formula is C16H13BrN2O2. The standard InChI is InChI=1S/C16H13BrN2O2/c1-18-14-8-7-12(17)9-13(14)16(19(21)10-15(18)20)11-5-3-2-4-6-11/h2-9H,10H2,1H3. The number of carbonyl (C=O) groups excluding carboxylic acids is 1. The van der Waals surface area contributed by atoms with Crippen LogP contribution in [0.3, 0.4) is 0 Å². The molecule has 106 valence electrons. The summed E-state index contributed by atoms with van der Waals surface area (Å²) in [6.45, 7) is -0.187. The van der Waals surface area contributed by atoms with E-state index in [1.807, 2.05) is 48.5 Å². The molecule has 21 heavy (non-hydrogen) atoms. The van der Waals surface area contributed by atoms with Gasteiger partial charge < -0.3 is 10.1 Å². The Morgan fingerprint density at radius 1 is 1.19 bits per heavy atom. The second-order valence-corrected chi connectivity index (χ2v) is 5.78. The number of amides is 1. The van der Waals surface area contributed by atoms with Crippen LogP contribution in [0.5, 0.6) is 0 Å². The number of nitrogens with zero attached hydrogens (tertiary/aromatic N) is 2. The fourth-order valence-corrected chi connectivity index (χ4v) is 2.82. The summed E-state index contributed by atoms with van der Waals surface area (Å²) in [7, 11) is 1.69. The van der Waals surface area contributed by atoms with Gasteiger partial charge in [-0.25, -0.2) is 0 Å². The molecule has 0 atom stereocenters. The van der Waals surface area contributed by atoms with Crippen molar-refractivity contribution in [3.05, 3.63) is 69.3 Å². The molecule has 2 aromatic rings. The Balaban J connectivity index is 2.31. The zero-order chi connectivity index (χ0) is 15.0. The lowest BCUT2D eigenvalue weighted by Gasteiger charge is -2.16. The van der Waals surface area contributed by atoms with Crippen LogP contribution in [-0.2, 0) is 4.79 Å². The topological polar surface area (TPSA) is 46.4 Å². The summed E-state index contributed by atoms with van der Waals surface area (Å²) in [5, 5.41) is 12.5. The van der Waals surface area contributed by atoms with Crippen LogP contribution >= 0.6 is 15.9 Å². The third-order valence-corrected chi connectivity index (χ3v) is 4.02. The van der Waals surface area contributed by atoms with E-state index in [2.05, 4.69) is 15.9 Å². The summed E-state index contributed by atoms with van der Waals surface area (Å²) >= 11 is 3.43. The van der Waals surface area contributed by atoms with Gasteiger partial charge >= 0.3 is 0 Å². The Kier molecular flexibility index (Phi) is 3.51. The zero-order valence-electron chi connectivity index (χ0n) is 11.4. The highest BCUT2D eigenvalue weighted by Crippen LogP contribution is 2.28. The quantitative estimate of drug-likeness (QED) is 0.589. The first-order valence-corrected chi connectivity index (χ1v) is 7.31. The van der Waals surface area contributed by atoms with E-state index in [0.717, 1.165) is 26.0 Å². The lowest BCUT2D eigenvalue weighted by Crippen LogP contribution is -2.31. The van der Waals surface area contributed by atoms with Crippen LogP contribution in [0.15, 0.2) is 53.0 Å². The Morgan fingerprint density at radius 3 is 2.62 bits per heavy atom. The second kappa shape index (κ2) is 5.33. The molecule has 1 aliphatic heterocycles. The smallest absolute Gasteiger partial charge is 0.293 e. The molecule has 1 amide bonds. The van der Waals surface area contributed by atoms with Crippen molar-refractivity contribution in [3.8, 4) is 0 Å². The van der Waals surface area contributed by atoms with Gasteiger partial charge in [0.05, 0.1) is 11.3 Å². The first kappa shape index (κ1) is 13.8. The molecule has 0 bridgehead atoms. The number of hydrogen-bond donors (Lipinski definition) is 0. The summed E-state index contributed by atoms with van der Waals surface area (Å²) in [4.78, 5) is 13.6. The molecule has 1 heterocycles. The number of benzene rings is 2. The summed E-state index contributed by atoms with van der Waals surface area (Å²) in [6, 6.07) is 15.0. The molecular weight excluding hydrogens is 332 g/mol. The molecule has 0 aromatic heterocycles. The van der Waals surface area contributed by atoms with E-state index in [-0.39, 0.29) is 12.5 Å². The Hall–Kier alpha value is -2.14. The van der Waals surface area contributed by atoms with Gasteiger partial charge in [-0.2, -0.15) is 4.74 Å². The number of rotatable bonds is 1. The minimum absolute atomic E-state index is 0.187. The molecule has 0 aliphatic carbocycles. The molecule has 3 rings (SSSR count). The minimum Gasteiger partial charge on any atom is -0.623 e. The first-order chi connectivity index (χ1) is 10.1. The molecule has 0 saturated heterocycles. The number of hydroxylamine groups is 1. The van der Waals surface area contributed by atoms with Crippen molar-refractivity contribution < 1.29 is 9.53 Å². The normalized spacial score (nSPS) is 15.0. The zero-order valence-corrected chi connectivity index (χ0v) is 13.0. The third-order valence-electron chi connectivity index (χ3n) is 3.52. The van der Waals surface area contributed by atoms with Crippen molar-refractivity contribution in [2.75, 3.05) is 18.5 Å². The second-order valence-electron chi connectivity index (χ2n) is 4.87. The SMILES string of the molecule is CN1C(=O)C[N+]([O-])=C(c2ccccc2)c2cc(Br)ccc21. The van der Waals surface area contributed by atoms with E-state index in [0.29, 0.717) is 5.71 Å². The minimum atomic E-state index is -0.223. The van der Waals surface area contributed by atoms with Gasteiger partial charge in [0.1, 0.15) is 0 Å². The predicted molar refractivity (Wildman–Crippen MR) is 85.7 cm³/mol. The molecule has 0 spiro atoms. The maximum atomic E-state index is 12.5. The summed E-state index contributed by atoms with van der Waals surface area (Å²) in [5.74, 6) is -0.223. The van der Waals surface area contributed by atoms with E-state index >= 15 is 0 Å². The summed E-state index contributed by atoms with van der Waals surface area (Å²) in [5.41, 5.74) is 2.80. The van der Waals surface area contributed by atoms with E-state index in [1.165, 1.54) is 4.90 Å². The average molecular weight is 345 g/mol. The van der Waals surface area contributed by atoms with Crippen molar-refractivity contribution >= 4 is 33.2 Å². The van der Waals surface area contributed by atoms with Gasteiger partial charge in [-0.05, 0) is 30.3 Å². The number of fused-ring (bicyclic) bond motifs is 1. The van der Waals surface area contributed by atoms with E-state index in [1.54, 1.807) is 7.05 Å². The molecule has 0 saturated carbocycles. The molecule has 4 nitrogen and oxygen atoms in total. The van der Waals surface area contributed by atoms with Gasteiger partial charge in [0.15, 0.2) is 0 Å². The predicted octanol–water partition coefficient (Wildman–Crippen LogP) is 2.77. The molecule has 0 radical (unpaired) electrons. The van der Waals surface area contributed by atoms with Crippen LogP contribution < -0.4 is 4.90 Å². The highest BCUT2D eigenvalue weighted by molar-refractivity contribution is 9.10. The highest BCUT2D eigenvalue weighted by Gasteiger charge is 2.29. The van der Waals surface area contributed by atoms with Crippen LogP contribution in [0.4, 0.5) is 5.69 Å². The fourth-order valence-electron chi connectivity index (χ4n) is 2.46. The average Bonchev–Trinajstić information content (AvgIpc) is 2.56. The van der Waals surface area contributed by atoms with E-state index < -0.39 is 0 Å². The Bertz CT molecular complexity index is 741. The maximum Gasteiger partial charge on any atom is 0.293 e. The number of halogens is 1. The number of benzodiazepines with no additional fused rings is 1. The molecule has 0 fully saturated rings. The van der Waals surface area contributed by atoms with Gasteiger partial charge in [-0.1, -0.05) is 34.1 Å². The molecule has 0 unspecified atom stereocenters. The van der Waals surface area contributed by atoms with Crippen molar-refractivity contribution in [1.29, 1.82) is 0 Å². The van der Waals surface area contributed by atoms with Crippen molar-refractivity contribution in [3.63, 3.8) is 0 Å². The van der Waals surface area contributed by atoms with E-state index in [9.17, 15) is 10.0 Å². The highest BCUT2D eigenvalue weighted by atomic mass is 79.9. The van der Waals surface area contributed by atoms with Gasteiger partial charge in [0.25, 0.3) is 5.91 Å².